The summed E-state index contributed by atoms with van der Waals surface area (Å²) in [5.41, 5.74) is 2.01. The van der Waals surface area contributed by atoms with Gasteiger partial charge in [0.2, 0.25) is 0 Å². The van der Waals surface area contributed by atoms with Crippen LogP contribution in [-0.4, -0.2) is 20.9 Å². The number of nitrogens with two attached hydrogens (primary N) is 1. The molecule has 2 rings (SSSR count). The van der Waals surface area contributed by atoms with Crippen LogP contribution in [0.5, 0.6) is 0 Å². The molecule has 1 aromatic carbocycles. The van der Waals surface area contributed by atoms with Crippen molar-refractivity contribution in [2.45, 2.75) is 0 Å². The molecule has 2 aromatic rings. The third-order valence-corrected chi connectivity index (χ3v) is 2.08. The number of nitrogens with zero attached hydrogens (tertiary/aromatic N) is 2. The molecule has 0 bridgehead atoms. The minimum Gasteiger partial charge on any atom is -0.465 e. The highest BCUT2D eigenvalue weighted by Gasteiger charge is 2.04. The Hall–Kier alpha value is -2.50. The standard InChI is InChI=1S/C10H10N4O2/c11-14-6-12-5-9(14)7-2-1-3-8(4-7)13-10(15)16/h1-6,13H,11H2,(H,15,16). The minimum atomic E-state index is -1.10. The van der Waals surface area contributed by atoms with E-state index in [1.807, 2.05) is 6.07 Å². The molecule has 16 heavy (non-hydrogen) atoms. The van der Waals surface area contributed by atoms with Gasteiger partial charge in [-0.3, -0.25) is 5.32 Å². The van der Waals surface area contributed by atoms with Crippen molar-refractivity contribution in [3.63, 3.8) is 0 Å². The number of carbonyl (C=O) groups is 1. The van der Waals surface area contributed by atoms with Crippen LogP contribution in [0.1, 0.15) is 0 Å². The van der Waals surface area contributed by atoms with E-state index in [0.717, 1.165) is 5.56 Å². The summed E-state index contributed by atoms with van der Waals surface area (Å²) in [6.45, 7) is 0. The summed E-state index contributed by atoms with van der Waals surface area (Å²) in [4.78, 5) is 14.4. The SMILES string of the molecule is Nn1cncc1-c1cccc(NC(=O)O)c1. The van der Waals surface area contributed by atoms with E-state index in [0.29, 0.717) is 11.4 Å². The zero-order valence-electron chi connectivity index (χ0n) is 8.29. The molecule has 0 unspecified atom stereocenters. The van der Waals surface area contributed by atoms with Gasteiger partial charge < -0.3 is 10.9 Å². The normalized spacial score (nSPS) is 10.0. The predicted octanol–water partition coefficient (Wildman–Crippen LogP) is 1.35. The van der Waals surface area contributed by atoms with Crippen LogP contribution < -0.4 is 11.2 Å². The van der Waals surface area contributed by atoms with Gasteiger partial charge in [0, 0.05) is 11.3 Å². The fourth-order valence-corrected chi connectivity index (χ4v) is 1.41. The Morgan fingerprint density at radius 2 is 2.31 bits per heavy atom. The molecule has 0 saturated carbocycles. The van der Waals surface area contributed by atoms with Crippen LogP contribution in [0.25, 0.3) is 11.3 Å². The van der Waals surface area contributed by atoms with E-state index < -0.39 is 6.09 Å². The van der Waals surface area contributed by atoms with E-state index in [4.69, 9.17) is 10.9 Å². The van der Waals surface area contributed by atoms with Gasteiger partial charge >= 0.3 is 6.09 Å². The van der Waals surface area contributed by atoms with Gasteiger partial charge in [0.05, 0.1) is 11.9 Å². The molecule has 0 aliphatic heterocycles. The number of anilines is 1. The van der Waals surface area contributed by atoms with Gasteiger partial charge in [0.15, 0.2) is 0 Å². The highest BCUT2D eigenvalue weighted by atomic mass is 16.4. The molecule has 0 aliphatic rings. The number of hydrogen-bond acceptors (Lipinski definition) is 3. The maximum Gasteiger partial charge on any atom is 0.409 e. The summed E-state index contributed by atoms with van der Waals surface area (Å²) in [6, 6.07) is 6.92. The second kappa shape index (κ2) is 3.93. The molecule has 0 saturated heterocycles. The van der Waals surface area contributed by atoms with E-state index in [2.05, 4.69) is 10.3 Å². The zero-order valence-corrected chi connectivity index (χ0v) is 8.29. The number of imidazole rings is 1. The first-order valence-corrected chi connectivity index (χ1v) is 4.54. The van der Waals surface area contributed by atoms with Crippen molar-refractivity contribution in [1.82, 2.24) is 9.66 Å². The van der Waals surface area contributed by atoms with Crippen LogP contribution in [-0.2, 0) is 0 Å². The van der Waals surface area contributed by atoms with Crippen LogP contribution in [0.2, 0.25) is 0 Å². The molecule has 0 atom stereocenters. The average molecular weight is 218 g/mol. The Bertz CT molecular complexity index is 521. The van der Waals surface area contributed by atoms with Crippen molar-refractivity contribution in [3.8, 4) is 11.3 Å². The molecule has 0 radical (unpaired) electrons. The lowest BCUT2D eigenvalue weighted by molar-refractivity contribution is 0.210. The van der Waals surface area contributed by atoms with Crippen LogP contribution in [0, 0.1) is 0 Å². The van der Waals surface area contributed by atoms with Crippen molar-refractivity contribution in [2.24, 2.45) is 0 Å². The number of amides is 1. The summed E-state index contributed by atoms with van der Waals surface area (Å²) in [6.07, 6.45) is 1.99. The van der Waals surface area contributed by atoms with Gasteiger partial charge in [0.25, 0.3) is 0 Å². The molecule has 1 amide bonds. The Labute approximate surface area is 91.3 Å². The van der Waals surface area contributed by atoms with E-state index in [1.165, 1.54) is 11.0 Å². The molecular weight excluding hydrogens is 208 g/mol. The minimum absolute atomic E-state index is 0.492. The zero-order chi connectivity index (χ0) is 11.5. The maximum absolute atomic E-state index is 10.5. The van der Waals surface area contributed by atoms with Gasteiger partial charge in [-0.25, -0.2) is 14.5 Å². The molecule has 0 spiro atoms. The van der Waals surface area contributed by atoms with Gasteiger partial charge in [-0.2, -0.15) is 0 Å². The number of benzene rings is 1. The summed E-state index contributed by atoms with van der Waals surface area (Å²) in [5.74, 6) is 5.64. The quantitative estimate of drug-likeness (QED) is 0.663. The summed E-state index contributed by atoms with van der Waals surface area (Å²) >= 11 is 0. The van der Waals surface area contributed by atoms with Gasteiger partial charge in [-0.05, 0) is 12.1 Å². The number of hydrogen-bond donors (Lipinski definition) is 3. The Balaban J connectivity index is 2.36. The highest BCUT2D eigenvalue weighted by molar-refractivity contribution is 5.84. The van der Waals surface area contributed by atoms with Crippen LogP contribution in [0.15, 0.2) is 36.8 Å². The average Bonchev–Trinajstić information content (AvgIpc) is 2.64. The van der Waals surface area contributed by atoms with E-state index in [9.17, 15) is 4.79 Å². The Morgan fingerprint density at radius 3 is 2.94 bits per heavy atom. The summed E-state index contributed by atoms with van der Waals surface area (Å²) < 4.78 is 1.37. The molecule has 0 fully saturated rings. The van der Waals surface area contributed by atoms with Crippen molar-refractivity contribution in [1.29, 1.82) is 0 Å². The van der Waals surface area contributed by atoms with E-state index in [-0.39, 0.29) is 0 Å². The molecule has 1 heterocycles. The van der Waals surface area contributed by atoms with E-state index >= 15 is 0 Å². The number of nitrogen functional groups attached to an aromatic ring is 1. The van der Waals surface area contributed by atoms with Gasteiger partial charge in [-0.15, -0.1) is 0 Å². The van der Waals surface area contributed by atoms with Crippen molar-refractivity contribution < 1.29 is 9.90 Å². The molecule has 1 aromatic heterocycles. The maximum atomic E-state index is 10.5. The molecule has 82 valence electrons. The number of aromatic nitrogens is 2. The lowest BCUT2D eigenvalue weighted by Gasteiger charge is -2.05. The van der Waals surface area contributed by atoms with Crippen LogP contribution >= 0.6 is 0 Å². The number of nitrogens with one attached hydrogen (secondary N) is 1. The van der Waals surface area contributed by atoms with Crippen molar-refractivity contribution >= 4 is 11.8 Å². The molecule has 4 N–H and O–H groups in total. The van der Waals surface area contributed by atoms with Crippen molar-refractivity contribution in [2.75, 3.05) is 11.2 Å². The van der Waals surface area contributed by atoms with Gasteiger partial charge in [-0.1, -0.05) is 12.1 Å². The third-order valence-electron chi connectivity index (χ3n) is 2.08. The monoisotopic (exact) mass is 218 g/mol. The summed E-state index contributed by atoms with van der Waals surface area (Å²) in [7, 11) is 0. The number of carboxylic acid groups (broad SMARTS) is 1. The fourth-order valence-electron chi connectivity index (χ4n) is 1.41. The molecular formula is C10H10N4O2. The highest BCUT2D eigenvalue weighted by Crippen LogP contribution is 2.20. The predicted molar refractivity (Wildman–Crippen MR) is 59.5 cm³/mol. The first-order chi connectivity index (χ1) is 7.66. The van der Waals surface area contributed by atoms with Crippen LogP contribution in [0.4, 0.5) is 10.5 Å². The van der Waals surface area contributed by atoms with Crippen molar-refractivity contribution in [3.05, 3.63) is 36.8 Å². The lowest BCUT2D eigenvalue weighted by Crippen LogP contribution is -2.09. The summed E-state index contributed by atoms with van der Waals surface area (Å²) in [5, 5.41) is 10.9. The van der Waals surface area contributed by atoms with E-state index in [1.54, 1.807) is 24.4 Å². The largest absolute Gasteiger partial charge is 0.465 e. The fraction of sp³-hybridized carbons (Fsp3) is 0. The topological polar surface area (TPSA) is 93.2 Å². The smallest absolute Gasteiger partial charge is 0.409 e. The first kappa shape index (κ1) is 10.0. The molecule has 6 nitrogen and oxygen atoms in total. The Kier molecular flexibility index (Phi) is 2.47. The van der Waals surface area contributed by atoms with Gasteiger partial charge in [0.1, 0.15) is 6.33 Å². The Morgan fingerprint density at radius 1 is 1.50 bits per heavy atom. The third kappa shape index (κ3) is 1.95. The second-order valence-electron chi connectivity index (χ2n) is 3.20. The molecule has 0 aliphatic carbocycles. The van der Waals surface area contributed by atoms with Crippen LogP contribution in [0.3, 0.4) is 0 Å². The number of rotatable bonds is 2. The first-order valence-electron chi connectivity index (χ1n) is 4.54. The lowest BCUT2D eigenvalue weighted by atomic mass is 10.1. The molecule has 6 heteroatoms. The second-order valence-corrected chi connectivity index (χ2v) is 3.20.